The van der Waals surface area contributed by atoms with Gasteiger partial charge < -0.3 is 16.4 Å². The lowest BCUT2D eigenvalue weighted by molar-refractivity contribution is -0.116. The number of anilines is 1. The van der Waals surface area contributed by atoms with Crippen molar-refractivity contribution in [3.63, 3.8) is 0 Å². The molecule has 0 atom stereocenters. The summed E-state index contributed by atoms with van der Waals surface area (Å²) in [6.45, 7) is 3.77. The highest BCUT2D eigenvalue weighted by atomic mass is 16.2. The zero-order chi connectivity index (χ0) is 15.5. The summed E-state index contributed by atoms with van der Waals surface area (Å²) >= 11 is 0. The maximum absolute atomic E-state index is 12.1. The first-order chi connectivity index (χ1) is 9.85. The summed E-state index contributed by atoms with van der Waals surface area (Å²) in [6.07, 6.45) is 3.00. The van der Waals surface area contributed by atoms with Crippen LogP contribution in [0.15, 0.2) is 24.3 Å². The van der Waals surface area contributed by atoms with Crippen LogP contribution >= 0.6 is 0 Å². The molecule has 0 radical (unpaired) electrons. The first kappa shape index (κ1) is 15.5. The standard InChI is InChI=1S/C16H23N3O2/c1-16(2,17)10-9-14(20)19-13-6-4-3-5-12(13)15(21)18-11-7-8-11/h3-6,11H,7-10,17H2,1-2H3,(H,18,21)(H,19,20). The number of amides is 2. The number of nitrogens with two attached hydrogens (primary N) is 1. The van der Waals surface area contributed by atoms with Gasteiger partial charge in [-0.2, -0.15) is 0 Å². The molecule has 4 N–H and O–H groups in total. The Labute approximate surface area is 125 Å². The molecule has 1 aromatic rings. The molecule has 0 aliphatic heterocycles. The number of rotatable bonds is 6. The van der Waals surface area contributed by atoms with Crippen molar-refractivity contribution in [2.75, 3.05) is 5.32 Å². The van der Waals surface area contributed by atoms with E-state index in [9.17, 15) is 9.59 Å². The highest BCUT2D eigenvalue weighted by Gasteiger charge is 2.25. The lowest BCUT2D eigenvalue weighted by Gasteiger charge is -2.18. The lowest BCUT2D eigenvalue weighted by Crippen LogP contribution is -2.33. The van der Waals surface area contributed by atoms with E-state index in [4.69, 9.17) is 5.73 Å². The Morgan fingerprint density at radius 3 is 2.57 bits per heavy atom. The molecular weight excluding hydrogens is 266 g/mol. The van der Waals surface area contributed by atoms with E-state index in [0.29, 0.717) is 30.1 Å². The Morgan fingerprint density at radius 1 is 1.29 bits per heavy atom. The second-order valence-electron chi connectivity index (χ2n) is 6.33. The van der Waals surface area contributed by atoms with Gasteiger partial charge >= 0.3 is 0 Å². The average molecular weight is 289 g/mol. The van der Waals surface area contributed by atoms with Gasteiger partial charge in [-0.25, -0.2) is 0 Å². The van der Waals surface area contributed by atoms with Crippen LogP contribution in [0.2, 0.25) is 0 Å². The molecule has 0 saturated heterocycles. The fraction of sp³-hybridized carbons (Fsp3) is 0.500. The zero-order valence-electron chi connectivity index (χ0n) is 12.6. The molecule has 0 spiro atoms. The maximum Gasteiger partial charge on any atom is 0.253 e. The van der Waals surface area contributed by atoms with Gasteiger partial charge in [0, 0.05) is 18.0 Å². The van der Waals surface area contributed by atoms with E-state index in [1.165, 1.54) is 0 Å². The minimum Gasteiger partial charge on any atom is -0.349 e. The SMILES string of the molecule is CC(C)(N)CCC(=O)Nc1ccccc1C(=O)NC1CC1. The minimum atomic E-state index is -0.375. The van der Waals surface area contributed by atoms with Crippen LogP contribution in [-0.4, -0.2) is 23.4 Å². The molecule has 0 bridgehead atoms. The molecule has 0 unspecified atom stereocenters. The van der Waals surface area contributed by atoms with E-state index in [0.717, 1.165) is 12.8 Å². The smallest absolute Gasteiger partial charge is 0.253 e. The second kappa shape index (κ2) is 6.26. The van der Waals surface area contributed by atoms with Crippen molar-refractivity contribution in [2.45, 2.75) is 51.1 Å². The maximum atomic E-state index is 12.1. The number of benzene rings is 1. The summed E-state index contributed by atoms with van der Waals surface area (Å²) in [5.74, 6) is -0.257. The molecule has 1 aliphatic rings. The third-order valence-corrected chi connectivity index (χ3v) is 3.35. The van der Waals surface area contributed by atoms with Gasteiger partial charge in [-0.3, -0.25) is 9.59 Å². The van der Waals surface area contributed by atoms with Crippen molar-refractivity contribution in [1.82, 2.24) is 5.32 Å². The van der Waals surface area contributed by atoms with E-state index in [1.54, 1.807) is 24.3 Å². The quantitative estimate of drug-likeness (QED) is 0.749. The van der Waals surface area contributed by atoms with Gasteiger partial charge in [-0.1, -0.05) is 12.1 Å². The largest absolute Gasteiger partial charge is 0.349 e. The van der Waals surface area contributed by atoms with Crippen LogP contribution in [0.3, 0.4) is 0 Å². The molecule has 0 aromatic heterocycles. The number of hydrogen-bond acceptors (Lipinski definition) is 3. The molecule has 0 heterocycles. The van der Waals surface area contributed by atoms with Crippen molar-refractivity contribution < 1.29 is 9.59 Å². The van der Waals surface area contributed by atoms with Crippen molar-refractivity contribution >= 4 is 17.5 Å². The molecule has 5 heteroatoms. The van der Waals surface area contributed by atoms with E-state index in [2.05, 4.69) is 10.6 Å². The zero-order valence-corrected chi connectivity index (χ0v) is 12.6. The molecule has 1 aromatic carbocycles. The van der Waals surface area contributed by atoms with Crippen molar-refractivity contribution in [3.05, 3.63) is 29.8 Å². The minimum absolute atomic E-state index is 0.125. The van der Waals surface area contributed by atoms with Gasteiger partial charge in [0.05, 0.1) is 11.3 Å². The number of nitrogens with one attached hydrogen (secondary N) is 2. The highest BCUT2D eigenvalue weighted by Crippen LogP contribution is 2.21. The summed E-state index contributed by atoms with van der Waals surface area (Å²) in [7, 11) is 0. The van der Waals surface area contributed by atoms with Gasteiger partial charge in [0.1, 0.15) is 0 Å². The van der Waals surface area contributed by atoms with Gasteiger partial charge in [0.25, 0.3) is 5.91 Å². The molecule has 21 heavy (non-hydrogen) atoms. The van der Waals surface area contributed by atoms with Crippen molar-refractivity contribution in [1.29, 1.82) is 0 Å². The van der Waals surface area contributed by atoms with Crippen LogP contribution in [0, 0.1) is 0 Å². The summed E-state index contributed by atoms with van der Waals surface area (Å²) in [5, 5.41) is 5.73. The molecule has 2 amide bonds. The third-order valence-electron chi connectivity index (χ3n) is 3.35. The normalized spacial score (nSPS) is 14.6. The van der Waals surface area contributed by atoms with Gasteiger partial charge in [-0.05, 0) is 45.2 Å². The second-order valence-corrected chi connectivity index (χ2v) is 6.33. The Bertz CT molecular complexity index is 531. The molecule has 2 rings (SSSR count). The van der Waals surface area contributed by atoms with E-state index >= 15 is 0 Å². The summed E-state index contributed by atoms with van der Waals surface area (Å²) in [6, 6.07) is 7.35. The van der Waals surface area contributed by atoms with E-state index < -0.39 is 0 Å². The van der Waals surface area contributed by atoms with Gasteiger partial charge in [0.2, 0.25) is 5.91 Å². The summed E-state index contributed by atoms with van der Waals surface area (Å²) in [4.78, 5) is 24.1. The fourth-order valence-electron chi connectivity index (χ4n) is 1.93. The van der Waals surface area contributed by atoms with Crippen LogP contribution in [0.5, 0.6) is 0 Å². The van der Waals surface area contributed by atoms with Gasteiger partial charge in [0.15, 0.2) is 0 Å². The monoisotopic (exact) mass is 289 g/mol. The Balaban J connectivity index is 1.98. The summed E-state index contributed by atoms with van der Waals surface area (Å²) in [5.41, 5.74) is 6.55. The van der Waals surface area contributed by atoms with Crippen LogP contribution in [-0.2, 0) is 4.79 Å². The third kappa shape index (κ3) is 5.19. The average Bonchev–Trinajstić information content (AvgIpc) is 3.20. The fourth-order valence-corrected chi connectivity index (χ4v) is 1.93. The number of hydrogen-bond donors (Lipinski definition) is 3. The van der Waals surface area contributed by atoms with Gasteiger partial charge in [-0.15, -0.1) is 0 Å². The Hall–Kier alpha value is -1.88. The number of para-hydroxylation sites is 1. The molecule has 1 aliphatic carbocycles. The molecule has 114 valence electrons. The lowest BCUT2D eigenvalue weighted by atomic mass is 10.00. The van der Waals surface area contributed by atoms with Crippen LogP contribution in [0.4, 0.5) is 5.69 Å². The first-order valence-electron chi connectivity index (χ1n) is 7.34. The number of carbonyl (C=O) groups is 2. The van der Waals surface area contributed by atoms with E-state index in [1.807, 2.05) is 13.8 Å². The first-order valence-corrected chi connectivity index (χ1v) is 7.34. The highest BCUT2D eigenvalue weighted by molar-refractivity contribution is 6.03. The Morgan fingerprint density at radius 2 is 1.95 bits per heavy atom. The molecular formula is C16H23N3O2. The molecule has 1 fully saturated rings. The van der Waals surface area contributed by atoms with E-state index in [-0.39, 0.29) is 17.4 Å². The summed E-state index contributed by atoms with van der Waals surface area (Å²) < 4.78 is 0. The predicted octanol–water partition coefficient (Wildman–Crippen LogP) is 2.03. The van der Waals surface area contributed by atoms with Crippen molar-refractivity contribution in [3.8, 4) is 0 Å². The van der Waals surface area contributed by atoms with Crippen LogP contribution in [0.1, 0.15) is 49.9 Å². The Kier molecular flexibility index (Phi) is 4.63. The van der Waals surface area contributed by atoms with Crippen molar-refractivity contribution in [2.24, 2.45) is 5.73 Å². The van der Waals surface area contributed by atoms with Crippen LogP contribution < -0.4 is 16.4 Å². The van der Waals surface area contributed by atoms with Crippen LogP contribution in [0.25, 0.3) is 0 Å². The molecule has 5 nitrogen and oxygen atoms in total. The number of carbonyl (C=O) groups excluding carboxylic acids is 2. The topological polar surface area (TPSA) is 84.2 Å². The predicted molar refractivity (Wildman–Crippen MR) is 83.1 cm³/mol. The molecule has 1 saturated carbocycles.